The Morgan fingerprint density at radius 3 is 1.05 bits per heavy atom. The Balaban J connectivity index is 0.000000206. The molecule has 0 aromatic carbocycles. The van der Waals surface area contributed by atoms with Gasteiger partial charge < -0.3 is 49.4 Å². The first-order chi connectivity index (χ1) is 20.2. The number of anilines is 4. The Morgan fingerprint density at radius 1 is 0.548 bits per heavy atom. The van der Waals surface area contributed by atoms with Crippen molar-refractivity contribution in [3.63, 3.8) is 0 Å². The molecule has 6 rings (SSSR count). The Kier molecular flexibility index (Phi) is 12.6. The number of hydrogen-bond acceptors (Lipinski definition) is 12. The average Bonchev–Trinajstić information content (AvgIpc) is 3.80. The van der Waals surface area contributed by atoms with Crippen molar-refractivity contribution in [2.75, 3.05) is 47.8 Å². The molecule has 12 nitrogen and oxygen atoms in total. The molecule has 0 saturated heterocycles. The third kappa shape index (κ3) is 8.91. The van der Waals surface area contributed by atoms with E-state index in [0.717, 1.165) is 0 Å². The molecule has 234 valence electrons. The van der Waals surface area contributed by atoms with Gasteiger partial charge in [0.1, 0.15) is 29.0 Å². The SMILES string of the molecule is CN1C=CN(c2cc(O)cc(N3C=CN(C)[CH-]3)n2)[CH-]1.CN1C=CN(c2cc([O-])cc(N3C=CN(C)[CH-]3)n2)[CH-]1.[Cl][Ni].[Cl][Ni]. The summed E-state index contributed by atoms with van der Waals surface area (Å²) in [7, 11) is 16.2. The molecule has 0 bridgehead atoms. The second-order valence-corrected chi connectivity index (χ2v) is 9.01. The Morgan fingerprint density at radius 2 is 0.810 bits per heavy atom. The van der Waals surface area contributed by atoms with Gasteiger partial charge in [-0.05, 0) is 89.9 Å². The number of nitrogens with zero attached hydrogens (tertiary/aromatic N) is 10. The molecule has 0 radical (unpaired) electrons. The van der Waals surface area contributed by atoms with E-state index in [1.807, 2.05) is 144 Å². The van der Waals surface area contributed by atoms with Crippen LogP contribution in [0.2, 0.25) is 0 Å². The van der Waals surface area contributed by atoms with Gasteiger partial charge in [0.15, 0.2) is 0 Å². The summed E-state index contributed by atoms with van der Waals surface area (Å²) in [5, 5.41) is 21.6. The summed E-state index contributed by atoms with van der Waals surface area (Å²) in [5.74, 6) is 2.69. The number of aromatic hydroxyl groups is 1. The third-order valence-electron chi connectivity index (χ3n) is 5.69. The molecule has 0 aliphatic carbocycles. The van der Waals surface area contributed by atoms with Crippen LogP contribution in [0.25, 0.3) is 0 Å². The van der Waals surface area contributed by atoms with Gasteiger partial charge in [0.2, 0.25) is 0 Å². The molecule has 0 amide bonds. The number of hydrogen-bond donors (Lipinski definition) is 1. The number of halogens is 2. The molecule has 6 heterocycles. The van der Waals surface area contributed by atoms with E-state index in [2.05, 4.69) is 59.5 Å². The van der Waals surface area contributed by atoms with Crippen LogP contribution in [0.4, 0.5) is 23.3 Å². The van der Waals surface area contributed by atoms with Gasteiger partial charge in [-0.2, -0.15) is 0 Å². The monoisotopic (exact) mass is 699 g/mol. The van der Waals surface area contributed by atoms with Crippen LogP contribution in [0.3, 0.4) is 0 Å². The van der Waals surface area contributed by atoms with E-state index in [4.69, 9.17) is 0 Å². The van der Waals surface area contributed by atoms with E-state index in [9.17, 15) is 10.2 Å². The van der Waals surface area contributed by atoms with Crippen molar-refractivity contribution in [1.29, 1.82) is 0 Å². The van der Waals surface area contributed by atoms with Gasteiger partial charge in [0.25, 0.3) is 0 Å². The predicted octanol–water partition coefficient (Wildman–Crippen LogP) is 3.69. The molecule has 2 aromatic rings. The second kappa shape index (κ2) is 15.9. The van der Waals surface area contributed by atoms with Gasteiger partial charge in [-0.1, -0.05) is 0 Å². The fourth-order valence-corrected chi connectivity index (χ4v) is 3.84. The van der Waals surface area contributed by atoms with Crippen LogP contribution >= 0.6 is 20.4 Å². The molecule has 0 spiro atoms. The first-order valence-electron chi connectivity index (χ1n) is 12.0. The molecule has 2 aromatic heterocycles. The predicted molar refractivity (Wildman–Crippen MR) is 156 cm³/mol. The van der Waals surface area contributed by atoms with Crippen molar-refractivity contribution in [2.24, 2.45) is 0 Å². The van der Waals surface area contributed by atoms with Gasteiger partial charge in [0.05, 0.1) is 0 Å². The van der Waals surface area contributed by atoms with E-state index in [-0.39, 0.29) is 11.5 Å². The minimum absolute atomic E-state index is 0.0623. The van der Waals surface area contributed by atoms with E-state index in [1.54, 1.807) is 12.1 Å². The van der Waals surface area contributed by atoms with Crippen molar-refractivity contribution in [2.45, 2.75) is 0 Å². The minimum atomic E-state index is -0.0623. The summed E-state index contributed by atoms with van der Waals surface area (Å²) >= 11 is 6.69. The molecule has 4 aliphatic rings. The standard InChI is InChI=1S/2C13H15N5O.2ClH.2Ni/c2*1-15-3-5-17(9-15)12-7-11(19)8-13(14-12)18-6-4-16(2)10-18;;;;/h2*3-10H,1-2H3,(H,14,19);2*1H;;/q2*-2;;;2*+1/p-3. The Bertz CT molecular complexity index is 1120. The second-order valence-electron chi connectivity index (χ2n) is 9.01. The van der Waals surface area contributed by atoms with Crippen molar-refractivity contribution < 1.29 is 39.4 Å². The van der Waals surface area contributed by atoms with Crippen molar-refractivity contribution >= 4 is 43.7 Å². The molecule has 42 heavy (non-hydrogen) atoms. The van der Waals surface area contributed by atoms with E-state index < -0.39 is 0 Å². The summed E-state index contributed by atoms with van der Waals surface area (Å²) in [6.07, 6.45) is 15.1. The first kappa shape index (κ1) is 33.3. The number of pyridine rings is 2. The third-order valence-corrected chi connectivity index (χ3v) is 5.69. The molecule has 0 unspecified atom stereocenters. The zero-order valence-corrected chi connectivity index (χ0v) is 26.4. The van der Waals surface area contributed by atoms with Crippen LogP contribution in [0, 0.1) is 26.7 Å². The van der Waals surface area contributed by atoms with Crippen molar-refractivity contribution in [3.8, 4) is 11.5 Å². The normalized spacial score (nSPS) is 16.6. The van der Waals surface area contributed by atoms with Crippen LogP contribution in [0.5, 0.6) is 11.5 Å². The van der Waals surface area contributed by atoms with Crippen LogP contribution < -0.4 is 24.7 Å². The average molecular weight is 702 g/mol. The maximum absolute atomic E-state index is 11.8. The molecule has 0 saturated carbocycles. The molecule has 16 heteroatoms. The summed E-state index contributed by atoms with van der Waals surface area (Å²) in [4.78, 5) is 24.0. The summed E-state index contributed by atoms with van der Waals surface area (Å²) in [6.45, 7) is 7.50. The quantitative estimate of drug-likeness (QED) is 0.373. The van der Waals surface area contributed by atoms with Crippen LogP contribution in [0.15, 0.2) is 73.9 Å². The first-order valence-corrected chi connectivity index (χ1v) is 14.7. The summed E-state index contributed by atoms with van der Waals surface area (Å²) < 4.78 is 0. The fourth-order valence-electron chi connectivity index (χ4n) is 3.84. The Hall–Kier alpha value is -3.17. The van der Waals surface area contributed by atoms with E-state index in [0.29, 0.717) is 23.3 Å². The van der Waals surface area contributed by atoms with E-state index in [1.165, 1.54) is 12.1 Å². The summed E-state index contributed by atoms with van der Waals surface area (Å²) in [6, 6.07) is 6.31. The van der Waals surface area contributed by atoms with Crippen LogP contribution in [-0.4, -0.2) is 62.9 Å². The topological polar surface area (TPSA) is 95.0 Å². The number of rotatable bonds is 4. The summed E-state index contributed by atoms with van der Waals surface area (Å²) in [5.41, 5.74) is 0. The van der Waals surface area contributed by atoms with Crippen LogP contribution in [-0.2, 0) is 29.1 Å². The zero-order chi connectivity index (χ0) is 30.8. The van der Waals surface area contributed by atoms with Gasteiger partial charge in [-0.15, -0.1) is 32.4 Å². The molecular formula is C26H29Cl2N10Ni2O2-5. The van der Waals surface area contributed by atoms with Gasteiger partial charge in [0, 0.05) is 12.1 Å². The zero-order valence-electron chi connectivity index (χ0n) is 23.0. The van der Waals surface area contributed by atoms with Crippen LogP contribution in [0.1, 0.15) is 0 Å². The van der Waals surface area contributed by atoms with Gasteiger partial charge >= 0.3 is 49.5 Å². The maximum atomic E-state index is 11.8. The van der Waals surface area contributed by atoms with Gasteiger partial charge in [-0.3, -0.25) is 0 Å². The molecule has 1 N–H and O–H groups in total. The number of aromatic nitrogens is 2. The molecule has 4 aliphatic heterocycles. The molecule has 0 fully saturated rings. The molecular weight excluding hydrogens is 673 g/mol. The Labute approximate surface area is 271 Å². The molecule has 0 atom stereocenters. The van der Waals surface area contributed by atoms with E-state index >= 15 is 0 Å². The van der Waals surface area contributed by atoms with Crippen molar-refractivity contribution in [3.05, 3.63) is 101 Å². The fraction of sp³-hybridized carbons (Fsp3) is 0.154. The van der Waals surface area contributed by atoms with Gasteiger partial charge in [-0.25, -0.2) is 9.97 Å². The van der Waals surface area contributed by atoms with Crippen molar-refractivity contribution in [1.82, 2.24) is 29.6 Å².